The maximum Gasteiger partial charge on any atom is 0.250 e. The Morgan fingerprint density at radius 3 is 2.50 bits per heavy atom. The number of carbonyl (C=O) groups is 1. The predicted octanol–water partition coefficient (Wildman–Crippen LogP) is 4.51. The average molecular weight is 448 g/mol. The van der Waals surface area contributed by atoms with E-state index in [-0.39, 0.29) is 0 Å². The Morgan fingerprint density at radius 2 is 1.74 bits per heavy atom. The van der Waals surface area contributed by atoms with E-state index in [1.807, 2.05) is 48.5 Å². The lowest BCUT2D eigenvalue weighted by molar-refractivity contribution is 0.100. The highest BCUT2D eigenvalue weighted by atomic mass is 16.5. The average Bonchev–Trinajstić information content (AvgIpc) is 2.89. The third kappa shape index (κ3) is 4.51. The Morgan fingerprint density at radius 1 is 0.912 bits per heavy atom. The van der Waals surface area contributed by atoms with Crippen LogP contribution in [0, 0.1) is 0 Å². The lowest BCUT2D eigenvalue weighted by Crippen LogP contribution is -2.13. The number of fused-ring (bicyclic) bond motifs is 1. The third-order valence-corrected chi connectivity index (χ3v) is 5.16. The van der Waals surface area contributed by atoms with Crippen LogP contribution >= 0.6 is 0 Å². The number of rotatable bonds is 7. The van der Waals surface area contributed by atoms with E-state index >= 15 is 0 Å². The molecule has 0 saturated heterocycles. The number of nitrogens with two attached hydrogens (primary N) is 1. The first-order valence-corrected chi connectivity index (χ1v) is 10.6. The Balaban J connectivity index is 1.58. The molecule has 8 nitrogen and oxygen atoms in total. The van der Waals surface area contributed by atoms with Crippen LogP contribution in [0.5, 0.6) is 5.75 Å². The predicted molar refractivity (Wildman–Crippen MR) is 130 cm³/mol. The number of para-hydroxylation sites is 1. The molecule has 0 unspecified atom stereocenters. The van der Waals surface area contributed by atoms with Gasteiger partial charge in [0.15, 0.2) is 5.82 Å². The van der Waals surface area contributed by atoms with Crippen LogP contribution in [0.2, 0.25) is 0 Å². The number of nitrogens with zero attached hydrogens (tertiary/aromatic N) is 4. The topological polar surface area (TPSA) is 116 Å². The molecule has 5 aromatic rings. The molecule has 0 radical (unpaired) electrons. The molecule has 0 saturated carbocycles. The van der Waals surface area contributed by atoms with Gasteiger partial charge in [-0.1, -0.05) is 18.2 Å². The van der Waals surface area contributed by atoms with Crippen LogP contribution < -0.4 is 15.8 Å². The molecule has 0 bridgehead atoms. The van der Waals surface area contributed by atoms with Gasteiger partial charge < -0.3 is 15.8 Å². The van der Waals surface area contributed by atoms with Crippen LogP contribution in [-0.4, -0.2) is 25.8 Å². The molecule has 0 aliphatic heterocycles. The van der Waals surface area contributed by atoms with Crippen LogP contribution in [0.15, 0.2) is 91.5 Å². The molecule has 166 valence electrons. The van der Waals surface area contributed by atoms with Crippen LogP contribution in [0.25, 0.3) is 22.3 Å². The monoisotopic (exact) mass is 448 g/mol. The molecular weight excluding hydrogens is 428 g/mol. The minimum Gasteiger partial charge on any atom is -0.489 e. The SMILES string of the molecule is NC(=O)c1ccccc1Nc1nc(-c2cccnc2)nc2ccc(OCc3cccnc3)cc12. The number of pyridine rings is 2. The van der Waals surface area contributed by atoms with Crippen molar-refractivity contribution >= 4 is 28.3 Å². The lowest BCUT2D eigenvalue weighted by atomic mass is 10.1. The van der Waals surface area contributed by atoms with Gasteiger partial charge in [0.05, 0.1) is 16.8 Å². The Kier molecular flexibility index (Phi) is 5.77. The number of hydrogen-bond donors (Lipinski definition) is 2. The maximum atomic E-state index is 12.0. The smallest absolute Gasteiger partial charge is 0.250 e. The number of carbonyl (C=O) groups excluding carboxylic acids is 1. The zero-order valence-electron chi connectivity index (χ0n) is 18.1. The molecule has 0 atom stereocenters. The lowest BCUT2D eigenvalue weighted by Gasteiger charge is -2.14. The van der Waals surface area contributed by atoms with E-state index in [1.54, 1.807) is 43.0 Å². The number of ether oxygens (including phenoxy) is 1. The summed E-state index contributed by atoms with van der Waals surface area (Å²) in [5, 5.41) is 4.00. The van der Waals surface area contributed by atoms with Gasteiger partial charge in [-0.15, -0.1) is 0 Å². The van der Waals surface area contributed by atoms with Crippen LogP contribution in [-0.2, 0) is 6.61 Å². The first-order valence-electron chi connectivity index (χ1n) is 10.6. The highest BCUT2D eigenvalue weighted by molar-refractivity contribution is 6.01. The molecule has 3 N–H and O–H groups in total. The number of nitrogens with one attached hydrogen (secondary N) is 1. The van der Waals surface area contributed by atoms with Gasteiger partial charge in [-0.3, -0.25) is 14.8 Å². The molecular formula is C26H20N6O2. The van der Waals surface area contributed by atoms with E-state index in [9.17, 15) is 4.79 Å². The molecule has 5 rings (SSSR count). The van der Waals surface area contributed by atoms with Gasteiger partial charge in [-0.25, -0.2) is 9.97 Å². The van der Waals surface area contributed by atoms with E-state index in [0.29, 0.717) is 40.8 Å². The second-order valence-electron chi connectivity index (χ2n) is 7.50. The second-order valence-corrected chi connectivity index (χ2v) is 7.50. The number of anilines is 2. The number of primary amides is 1. The fraction of sp³-hybridized carbons (Fsp3) is 0.0385. The minimum atomic E-state index is -0.533. The van der Waals surface area contributed by atoms with Gasteiger partial charge in [0.1, 0.15) is 18.2 Å². The van der Waals surface area contributed by atoms with Crippen molar-refractivity contribution < 1.29 is 9.53 Å². The number of amides is 1. The zero-order valence-corrected chi connectivity index (χ0v) is 18.1. The molecule has 3 aromatic heterocycles. The Labute approximate surface area is 195 Å². The largest absolute Gasteiger partial charge is 0.489 e. The third-order valence-electron chi connectivity index (χ3n) is 5.16. The number of benzene rings is 2. The van der Waals surface area contributed by atoms with Crippen LogP contribution in [0.3, 0.4) is 0 Å². The van der Waals surface area contributed by atoms with Gasteiger partial charge >= 0.3 is 0 Å². The maximum absolute atomic E-state index is 12.0. The quantitative estimate of drug-likeness (QED) is 0.376. The minimum absolute atomic E-state index is 0.362. The van der Waals surface area contributed by atoms with Gasteiger partial charge in [-0.2, -0.15) is 0 Å². The zero-order chi connectivity index (χ0) is 23.3. The van der Waals surface area contributed by atoms with Gasteiger partial charge in [0, 0.05) is 41.3 Å². The summed E-state index contributed by atoms with van der Waals surface area (Å²) in [5.74, 6) is 1.14. The van der Waals surface area contributed by atoms with Crippen molar-refractivity contribution in [3.8, 4) is 17.1 Å². The van der Waals surface area contributed by atoms with Crippen molar-refractivity contribution in [1.82, 2.24) is 19.9 Å². The van der Waals surface area contributed by atoms with Crippen LogP contribution in [0.4, 0.5) is 11.5 Å². The molecule has 2 aromatic carbocycles. The second kappa shape index (κ2) is 9.33. The molecule has 0 spiro atoms. The molecule has 34 heavy (non-hydrogen) atoms. The van der Waals surface area contributed by atoms with Gasteiger partial charge in [0.25, 0.3) is 5.91 Å². The molecule has 0 aliphatic carbocycles. The molecule has 3 heterocycles. The highest BCUT2D eigenvalue weighted by Crippen LogP contribution is 2.31. The summed E-state index contributed by atoms with van der Waals surface area (Å²) in [6.45, 7) is 0.376. The standard InChI is InChI=1S/C26H20N6O2/c27-24(33)20-7-1-2-8-22(20)31-26-21-13-19(34-16-17-5-3-11-28-14-17)9-10-23(21)30-25(32-26)18-6-4-12-29-15-18/h1-15H,16H2,(H2,27,33)(H,30,31,32). The van der Waals surface area contributed by atoms with Crippen molar-refractivity contribution in [2.24, 2.45) is 5.73 Å². The number of aromatic nitrogens is 4. The molecule has 0 fully saturated rings. The molecule has 0 aliphatic rings. The normalized spacial score (nSPS) is 10.7. The van der Waals surface area contributed by atoms with Crippen molar-refractivity contribution in [3.05, 3.63) is 103 Å². The van der Waals surface area contributed by atoms with Crippen molar-refractivity contribution in [1.29, 1.82) is 0 Å². The van der Waals surface area contributed by atoms with Gasteiger partial charge in [0.2, 0.25) is 0 Å². The van der Waals surface area contributed by atoms with E-state index in [0.717, 1.165) is 16.5 Å². The highest BCUT2D eigenvalue weighted by Gasteiger charge is 2.14. The van der Waals surface area contributed by atoms with Crippen LogP contribution in [0.1, 0.15) is 15.9 Å². The Bertz CT molecular complexity index is 1460. The summed E-state index contributed by atoms with van der Waals surface area (Å²) in [6, 6.07) is 20.2. The van der Waals surface area contributed by atoms with E-state index in [4.69, 9.17) is 20.4 Å². The summed E-state index contributed by atoms with van der Waals surface area (Å²) in [7, 11) is 0. The molecule has 8 heteroatoms. The van der Waals surface area contributed by atoms with Crippen molar-refractivity contribution in [2.45, 2.75) is 6.61 Å². The van der Waals surface area contributed by atoms with Crippen molar-refractivity contribution in [2.75, 3.05) is 5.32 Å². The Hall–Kier alpha value is -4.85. The molecule has 1 amide bonds. The van der Waals surface area contributed by atoms with E-state index in [1.165, 1.54) is 0 Å². The summed E-state index contributed by atoms with van der Waals surface area (Å²) in [5.41, 5.74) is 8.93. The van der Waals surface area contributed by atoms with Crippen molar-refractivity contribution in [3.63, 3.8) is 0 Å². The first kappa shape index (κ1) is 21.0. The van der Waals surface area contributed by atoms with Gasteiger partial charge in [-0.05, 0) is 48.5 Å². The van der Waals surface area contributed by atoms with E-state index in [2.05, 4.69) is 15.3 Å². The summed E-state index contributed by atoms with van der Waals surface area (Å²) < 4.78 is 5.97. The fourth-order valence-electron chi connectivity index (χ4n) is 3.50. The fourth-order valence-corrected chi connectivity index (χ4v) is 3.50. The number of hydrogen-bond acceptors (Lipinski definition) is 7. The summed E-state index contributed by atoms with van der Waals surface area (Å²) in [6.07, 6.45) is 6.88. The van der Waals surface area contributed by atoms with E-state index < -0.39 is 5.91 Å². The summed E-state index contributed by atoms with van der Waals surface area (Å²) in [4.78, 5) is 29.7. The first-order chi connectivity index (χ1) is 16.7. The summed E-state index contributed by atoms with van der Waals surface area (Å²) >= 11 is 0.